The van der Waals surface area contributed by atoms with E-state index in [1.807, 2.05) is 4.90 Å². The van der Waals surface area contributed by atoms with E-state index in [9.17, 15) is 14.4 Å². The van der Waals surface area contributed by atoms with Crippen LogP contribution in [0.25, 0.3) is 0 Å². The molecule has 1 aromatic rings. The van der Waals surface area contributed by atoms with E-state index in [-0.39, 0.29) is 25.3 Å². The fraction of sp³-hybridized carbons (Fsp3) is 0.550. The minimum atomic E-state index is -1.47. The fourth-order valence-electron chi connectivity index (χ4n) is 4.00. The van der Waals surface area contributed by atoms with Gasteiger partial charge in [0.15, 0.2) is 0 Å². The van der Waals surface area contributed by atoms with Gasteiger partial charge in [0.2, 0.25) is 5.91 Å². The average molecular weight is 439 g/mol. The molecule has 0 saturated carbocycles. The summed E-state index contributed by atoms with van der Waals surface area (Å²) >= 11 is 8.10. The number of nitrogens with zero attached hydrogens (tertiary/aromatic N) is 1. The van der Waals surface area contributed by atoms with Crippen LogP contribution in [0.5, 0.6) is 0 Å². The van der Waals surface area contributed by atoms with Crippen LogP contribution in [0.1, 0.15) is 36.8 Å². The van der Waals surface area contributed by atoms with Crippen LogP contribution >= 0.6 is 23.4 Å². The molecule has 156 valence electrons. The summed E-state index contributed by atoms with van der Waals surface area (Å²) in [5.41, 5.74) is 1.58. The second-order valence-corrected chi connectivity index (χ2v) is 8.88. The summed E-state index contributed by atoms with van der Waals surface area (Å²) in [4.78, 5) is 39.0. The van der Waals surface area contributed by atoms with Gasteiger partial charge in [-0.3, -0.25) is 14.4 Å². The lowest BCUT2D eigenvalue weighted by molar-refractivity contribution is -0.225. The van der Waals surface area contributed by atoms with Gasteiger partial charge >= 0.3 is 11.9 Å². The maximum atomic E-state index is 12.2. The average Bonchev–Trinajstić information content (AvgIpc) is 2.92. The van der Waals surface area contributed by atoms with Crippen LogP contribution in [0.15, 0.2) is 17.0 Å². The molecular weight excluding hydrogens is 416 g/mol. The number of nitrogens with one attached hydrogen (secondary N) is 1. The van der Waals surface area contributed by atoms with E-state index < -0.39 is 17.7 Å². The van der Waals surface area contributed by atoms with Gasteiger partial charge in [-0.25, -0.2) is 0 Å². The van der Waals surface area contributed by atoms with Gasteiger partial charge in [-0.05, 0) is 37.1 Å². The van der Waals surface area contributed by atoms with Gasteiger partial charge in [-0.2, -0.15) is 0 Å². The Morgan fingerprint density at radius 2 is 1.86 bits per heavy atom. The van der Waals surface area contributed by atoms with E-state index in [0.717, 1.165) is 23.4 Å². The molecule has 0 aromatic heterocycles. The summed E-state index contributed by atoms with van der Waals surface area (Å²) in [5, 5.41) is 3.82. The SMILES string of the molecule is O=C1CCC(=O)OC2(CNCCc3c2ccc(Cl)c3SCCN2CCCC2=O)O1. The molecule has 3 aliphatic rings. The van der Waals surface area contributed by atoms with E-state index in [0.29, 0.717) is 42.3 Å². The summed E-state index contributed by atoms with van der Waals surface area (Å²) in [6, 6.07) is 3.54. The fourth-order valence-corrected chi connectivity index (χ4v) is 5.45. The summed E-state index contributed by atoms with van der Waals surface area (Å²) in [6.45, 7) is 2.31. The zero-order valence-corrected chi connectivity index (χ0v) is 17.6. The van der Waals surface area contributed by atoms with Gasteiger partial charge in [0.1, 0.15) is 0 Å². The van der Waals surface area contributed by atoms with Crippen LogP contribution in [0, 0.1) is 0 Å². The number of thioether (sulfide) groups is 1. The van der Waals surface area contributed by atoms with Gasteiger partial charge in [-0.15, -0.1) is 11.8 Å². The van der Waals surface area contributed by atoms with Crippen molar-refractivity contribution in [3.05, 3.63) is 28.3 Å². The second-order valence-electron chi connectivity index (χ2n) is 7.36. The van der Waals surface area contributed by atoms with Crippen molar-refractivity contribution in [2.75, 3.05) is 31.9 Å². The number of esters is 2. The molecule has 1 amide bonds. The van der Waals surface area contributed by atoms with Gasteiger partial charge in [0, 0.05) is 35.7 Å². The van der Waals surface area contributed by atoms with Gasteiger partial charge in [-0.1, -0.05) is 11.6 Å². The molecular formula is C20H23ClN2O5S. The van der Waals surface area contributed by atoms with Crippen molar-refractivity contribution in [2.24, 2.45) is 0 Å². The van der Waals surface area contributed by atoms with Crippen LogP contribution in [0.2, 0.25) is 5.02 Å². The smallest absolute Gasteiger partial charge is 0.309 e. The summed E-state index contributed by atoms with van der Waals surface area (Å²) in [6.07, 6.45) is 2.22. The lowest BCUT2D eigenvalue weighted by Gasteiger charge is -2.32. The third kappa shape index (κ3) is 4.25. The number of carbonyl (C=O) groups excluding carboxylic acids is 3. The van der Waals surface area contributed by atoms with Crippen LogP contribution in [0.3, 0.4) is 0 Å². The molecule has 29 heavy (non-hydrogen) atoms. The molecule has 3 heterocycles. The van der Waals surface area contributed by atoms with Crippen LogP contribution in [0.4, 0.5) is 0 Å². The van der Waals surface area contributed by atoms with E-state index in [1.165, 1.54) is 0 Å². The third-order valence-corrected chi connectivity index (χ3v) is 6.97. The molecule has 0 aliphatic carbocycles. The van der Waals surface area contributed by atoms with Crippen LogP contribution < -0.4 is 5.32 Å². The van der Waals surface area contributed by atoms with Crippen molar-refractivity contribution in [3.8, 4) is 0 Å². The zero-order valence-electron chi connectivity index (χ0n) is 16.0. The normalized spacial score (nSPS) is 21.4. The number of halogens is 1. The Labute approximate surface area is 178 Å². The number of benzene rings is 1. The zero-order chi connectivity index (χ0) is 20.4. The molecule has 0 bridgehead atoms. The molecule has 3 aliphatic heterocycles. The Bertz CT molecular complexity index is 828. The van der Waals surface area contributed by atoms with Crippen molar-refractivity contribution < 1.29 is 23.9 Å². The predicted molar refractivity (Wildman–Crippen MR) is 108 cm³/mol. The highest BCUT2D eigenvalue weighted by Gasteiger charge is 2.45. The maximum absolute atomic E-state index is 12.2. The molecule has 7 nitrogen and oxygen atoms in total. The Kier molecular flexibility index (Phi) is 6.03. The van der Waals surface area contributed by atoms with Crippen molar-refractivity contribution in [1.29, 1.82) is 0 Å². The molecule has 9 heteroatoms. The molecule has 2 saturated heterocycles. The van der Waals surface area contributed by atoms with Crippen molar-refractivity contribution in [2.45, 2.75) is 42.8 Å². The Hall–Kier alpha value is -1.77. The largest absolute Gasteiger partial charge is 0.416 e. The monoisotopic (exact) mass is 438 g/mol. The molecule has 2 fully saturated rings. The quantitative estimate of drug-likeness (QED) is 0.570. The van der Waals surface area contributed by atoms with Crippen molar-refractivity contribution in [1.82, 2.24) is 10.2 Å². The van der Waals surface area contributed by atoms with Gasteiger partial charge < -0.3 is 19.7 Å². The summed E-state index contributed by atoms with van der Waals surface area (Å²) < 4.78 is 11.3. The van der Waals surface area contributed by atoms with Crippen molar-refractivity contribution >= 4 is 41.2 Å². The Morgan fingerprint density at radius 1 is 1.10 bits per heavy atom. The second kappa shape index (κ2) is 8.53. The predicted octanol–water partition coefficient (Wildman–Crippen LogP) is 2.23. The van der Waals surface area contributed by atoms with E-state index in [4.69, 9.17) is 21.1 Å². The first-order chi connectivity index (χ1) is 14.0. The number of likely N-dealkylation sites (tertiary alicyclic amines) is 1. The highest BCUT2D eigenvalue weighted by atomic mass is 35.5. The summed E-state index contributed by atoms with van der Waals surface area (Å²) in [7, 11) is 0. The number of amides is 1. The first-order valence-electron chi connectivity index (χ1n) is 9.85. The third-order valence-electron chi connectivity index (χ3n) is 5.40. The Balaban J connectivity index is 1.63. The summed E-state index contributed by atoms with van der Waals surface area (Å²) in [5.74, 6) is -1.48. The molecule has 4 rings (SSSR count). The molecule has 0 radical (unpaired) electrons. The maximum Gasteiger partial charge on any atom is 0.309 e. The van der Waals surface area contributed by atoms with E-state index in [2.05, 4.69) is 5.32 Å². The number of fused-ring (bicyclic) bond motifs is 2. The van der Waals surface area contributed by atoms with E-state index >= 15 is 0 Å². The number of carbonyl (C=O) groups is 3. The molecule has 1 spiro atoms. The molecule has 0 unspecified atom stereocenters. The Morgan fingerprint density at radius 3 is 2.55 bits per heavy atom. The highest BCUT2D eigenvalue weighted by molar-refractivity contribution is 7.99. The van der Waals surface area contributed by atoms with Gasteiger partial charge in [0.05, 0.1) is 24.4 Å². The molecule has 0 atom stereocenters. The first-order valence-corrected chi connectivity index (χ1v) is 11.2. The lowest BCUT2D eigenvalue weighted by atomic mass is 9.98. The lowest BCUT2D eigenvalue weighted by Crippen LogP contribution is -2.43. The standard InChI is InChI=1S/C20H23ClN2O5S/c21-15-4-3-14-13(19(15)29-11-10-23-9-1-2-16(23)24)7-8-22-12-20(14)27-17(25)5-6-18(26)28-20/h3-4,22H,1-2,5-12H2. The highest BCUT2D eigenvalue weighted by Crippen LogP contribution is 2.41. The number of rotatable bonds is 4. The minimum Gasteiger partial charge on any atom is -0.416 e. The van der Waals surface area contributed by atoms with E-state index in [1.54, 1.807) is 23.9 Å². The molecule has 1 N–H and O–H groups in total. The van der Waals surface area contributed by atoms with Gasteiger partial charge in [0.25, 0.3) is 5.79 Å². The minimum absolute atomic E-state index is 0.00891. The molecule has 1 aromatic carbocycles. The topological polar surface area (TPSA) is 84.9 Å². The van der Waals surface area contributed by atoms with Crippen molar-refractivity contribution in [3.63, 3.8) is 0 Å². The first kappa shape index (κ1) is 20.5. The van der Waals surface area contributed by atoms with Crippen LogP contribution in [-0.2, 0) is 36.1 Å². The van der Waals surface area contributed by atoms with Crippen LogP contribution in [-0.4, -0.2) is 54.7 Å². The number of ether oxygens (including phenoxy) is 2. The number of hydrogen-bond donors (Lipinski definition) is 1. The number of hydrogen-bond acceptors (Lipinski definition) is 7.